The Hall–Kier alpha value is -2.11. The monoisotopic (exact) mass is 296 g/mol. The van der Waals surface area contributed by atoms with Crippen LogP contribution in [0.4, 0.5) is 13.2 Å². The van der Waals surface area contributed by atoms with Gasteiger partial charge in [0.2, 0.25) is 0 Å². The standard InChI is InChI=1S/C15H15F3N2O/c1-14(2,3)13-10(9-21)8-20(19-13)12-6-4-11(5-7-12)15(16,17)18/h4-9H,1-3H3. The molecule has 3 nitrogen and oxygen atoms in total. The van der Waals surface area contributed by atoms with Crippen LogP contribution in [0.15, 0.2) is 30.5 Å². The number of hydrogen-bond acceptors (Lipinski definition) is 2. The van der Waals surface area contributed by atoms with E-state index >= 15 is 0 Å². The highest BCUT2D eigenvalue weighted by atomic mass is 19.4. The van der Waals surface area contributed by atoms with Gasteiger partial charge in [-0.15, -0.1) is 0 Å². The molecule has 0 unspecified atom stereocenters. The lowest BCUT2D eigenvalue weighted by molar-refractivity contribution is -0.137. The van der Waals surface area contributed by atoms with Crippen LogP contribution in [0.3, 0.4) is 0 Å². The Bertz CT molecular complexity index is 649. The predicted octanol–water partition coefficient (Wildman–Crippen LogP) is 4.00. The van der Waals surface area contributed by atoms with Gasteiger partial charge in [0, 0.05) is 11.6 Å². The van der Waals surface area contributed by atoms with Crippen molar-refractivity contribution in [3.8, 4) is 5.69 Å². The summed E-state index contributed by atoms with van der Waals surface area (Å²) in [4.78, 5) is 11.1. The Morgan fingerprint density at radius 3 is 2.05 bits per heavy atom. The molecule has 2 rings (SSSR count). The molecule has 1 aromatic carbocycles. The Kier molecular flexibility index (Phi) is 3.65. The Morgan fingerprint density at radius 1 is 1.10 bits per heavy atom. The molecular formula is C15H15F3N2O. The molecule has 0 saturated carbocycles. The zero-order valence-electron chi connectivity index (χ0n) is 11.9. The average Bonchev–Trinajstić information content (AvgIpc) is 2.82. The maximum Gasteiger partial charge on any atom is 0.416 e. The second kappa shape index (κ2) is 5.02. The normalized spacial score (nSPS) is 12.5. The number of rotatable bonds is 2. The number of aldehydes is 1. The zero-order valence-corrected chi connectivity index (χ0v) is 11.9. The minimum Gasteiger partial charge on any atom is -0.298 e. The van der Waals surface area contributed by atoms with Gasteiger partial charge in [-0.05, 0) is 24.3 Å². The summed E-state index contributed by atoms with van der Waals surface area (Å²) in [6.07, 6.45) is -2.14. The molecule has 0 saturated heterocycles. The number of carbonyl (C=O) groups excluding carboxylic acids is 1. The van der Waals surface area contributed by atoms with E-state index in [-0.39, 0.29) is 5.41 Å². The van der Waals surface area contributed by atoms with Crippen LogP contribution >= 0.6 is 0 Å². The molecule has 0 radical (unpaired) electrons. The molecule has 0 aliphatic rings. The van der Waals surface area contributed by atoms with Gasteiger partial charge in [-0.3, -0.25) is 4.79 Å². The van der Waals surface area contributed by atoms with E-state index in [1.165, 1.54) is 23.0 Å². The van der Waals surface area contributed by atoms with Crippen LogP contribution in [0.1, 0.15) is 42.4 Å². The number of alkyl halides is 3. The van der Waals surface area contributed by atoms with Gasteiger partial charge in [-0.25, -0.2) is 4.68 Å². The summed E-state index contributed by atoms with van der Waals surface area (Å²) >= 11 is 0. The van der Waals surface area contributed by atoms with Crippen molar-refractivity contribution in [2.75, 3.05) is 0 Å². The topological polar surface area (TPSA) is 34.9 Å². The second-order valence-electron chi connectivity index (χ2n) is 5.79. The Balaban J connectivity index is 2.44. The molecule has 0 amide bonds. The molecule has 0 aliphatic carbocycles. The maximum atomic E-state index is 12.5. The molecule has 0 N–H and O–H groups in total. The average molecular weight is 296 g/mol. The van der Waals surface area contributed by atoms with Gasteiger partial charge in [0.1, 0.15) is 0 Å². The molecule has 0 bridgehead atoms. The number of carbonyl (C=O) groups is 1. The lowest BCUT2D eigenvalue weighted by Crippen LogP contribution is -2.14. The molecular weight excluding hydrogens is 281 g/mol. The Labute approximate surface area is 120 Å². The molecule has 21 heavy (non-hydrogen) atoms. The summed E-state index contributed by atoms with van der Waals surface area (Å²) in [6, 6.07) is 4.65. The van der Waals surface area contributed by atoms with E-state index in [0.717, 1.165) is 12.1 Å². The fraction of sp³-hybridized carbons (Fsp3) is 0.333. The molecule has 6 heteroatoms. The summed E-state index contributed by atoms with van der Waals surface area (Å²) in [6.45, 7) is 5.75. The van der Waals surface area contributed by atoms with Crippen LogP contribution in [0.5, 0.6) is 0 Å². The highest BCUT2D eigenvalue weighted by Crippen LogP contribution is 2.30. The highest BCUT2D eigenvalue weighted by Gasteiger charge is 2.30. The van der Waals surface area contributed by atoms with E-state index < -0.39 is 11.7 Å². The minimum atomic E-state index is -4.37. The number of aromatic nitrogens is 2. The fourth-order valence-corrected chi connectivity index (χ4v) is 1.99. The van der Waals surface area contributed by atoms with Gasteiger partial charge in [0.05, 0.1) is 22.5 Å². The van der Waals surface area contributed by atoms with E-state index in [4.69, 9.17) is 0 Å². The van der Waals surface area contributed by atoms with Crippen molar-refractivity contribution in [2.24, 2.45) is 0 Å². The first-order chi connectivity index (χ1) is 9.63. The third-order valence-electron chi connectivity index (χ3n) is 3.04. The number of halogens is 3. The van der Waals surface area contributed by atoms with Crippen LogP contribution in [-0.2, 0) is 11.6 Å². The molecule has 2 aromatic rings. The summed E-state index contributed by atoms with van der Waals surface area (Å²) in [5.74, 6) is 0. The van der Waals surface area contributed by atoms with Gasteiger partial charge in [0.25, 0.3) is 0 Å². The minimum absolute atomic E-state index is 0.326. The van der Waals surface area contributed by atoms with Crippen molar-refractivity contribution in [2.45, 2.75) is 32.4 Å². The third-order valence-corrected chi connectivity index (χ3v) is 3.04. The van der Waals surface area contributed by atoms with Gasteiger partial charge in [-0.1, -0.05) is 20.8 Å². The number of nitrogens with zero attached hydrogens (tertiary/aromatic N) is 2. The highest BCUT2D eigenvalue weighted by molar-refractivity contribution is 5.77. The van der Waals surface area contributed by atoms with Crippen molar-refractivity contribution in [1.29, 1.82) is 0 Å². The van der Waals surface area contributed by atoms with Crippen molar-refractivity contribution in [3.63, 3.8) is 0 Å². The van der Waals surface area contributed by atoms with Crippen LogP contribution < -0.4 is 0 Å². The molecule has 0 fully saturated rings. The van der Waals surface area contributed by atoms with Gasteiger partial charge < -0.3 is 0 Å². The molecule has 1 aromatic heterocycles. The summed E-state index contributed by atoms with van der Waals surface area (Å²) in [7, 11) is 0. The second-order valence-corrected chi connectivity index (χ2v) is 5.79. The van der Waals surface area contributed by atoms with Gasteiger partial charge >= 0.3 is 6.18 Å². The Morgan fingerprint density at radius 2 is 1.67 bits per heavy atom. The van der Waals surface area contributed by atoms with Crippen molar-refractivity contribution >= 4 is 6.29 Å². The van der Waals surface area contributed by atoms with Crippen LogP contribution in [0.2, 0.25) is 0 Å². The van der Waals surface area contributed by atoms with E-state index in [1.807, 2.05) is 20.8 Å². The van der Waals surface area contributed by atoms with Crippen LogP contribution in [0.25, 0.3) is 5.69 Å². The first-order valence-corrected chi connectivity index (χ1v) is 6.36. The summed E-state index contributed by atoms with van der Waals surface area (Å²) in [5, 5.41) is 4.32. The molecule has 112 valence electrons. The number of hydrogen-bond donors (Lipinski definition) is 0. The maximum absolute atomic E-state index is 12.5. The summed E-state index contributed by atoms with van der Waals surface area (Å²) in [5.41, 5.74) is 0.472. The smallest absolute Gasteiger partial charge is 0.298 e. The number of benzene rings is 1. The van der Waals surface area contributed by atoms with Gasteiger partial charge in [0.15, 0.2) is 6.29 Å². The van der Waals surface area contributed by atoms with Crippen molar-refractivity contribution in [3.05, 3.63) is 47.3 Å². The summed E-state index contributed by atoms with van der Waals surface area (Å²) < 4.78 is 39.0. The van der Waals surface area contributed by atoms with Crippen molar-refractivity contribution in [1.82, 2.24) is 9.78 Å². The first kappa shape index (κ1) is 15.3. The first-order valence-electron chi connectivity index (χ1n) is 6.36. The molecule has 0 spiro atoms. The lowest BCUT2D eigenvalue weighted by atomic mass is 9.90. The van der Waals surface area contributed by atoms with Gasteiger partial charge in [-0.2, -0.15) is 18.3 Å². The SMILES string of the molecule is CC(C)(C)c1nn(-c2ccc(C(F)(F)F)cc2)cc1C=O. The molecule has 1 heterocycles. The predicted molar refractivity (Wildman–Crippen MR) is 72.7 cm³/mol. The molecule has 0 atom stereocenters. The van der Waals surface area contributed by atoms with E-state index in [0.29, 0.717) is 23.2 Å². The van der Waals surface area contributed by atoms with Crippen LogP contribution in [0, 0.1) is 0 Å². The van der Waals surface area contributed by atoms with E-state index in [1.54, 1.807) is 0 Å². The fourth-order valence-electron chi connectivity index (χ4n) is 1.99. The van der Waals surface area contributed by atoms with Crippen LogP contribution in [-0.4, -0.2) is 16.1 Å². The molecule has 0 aliphatic heterocycles. The quantitative estimate of drug-likeness (QED) is 0.785. The van der Waals surface area contributed by atoms with E-state index in [9.17, 15) is 18.0 Å². The largest absolute Gasteiger partial charge is 0.416 e. The third kappa shape index (κ3) is 3.15. The van der Waals surface area contributed by atoms with E-state index in [2.05, 4.69) is 5.10 Å². The van der Waals surface area contributed by atoms with Crippen molar-refractivity contribution < 1.29 is 18.0 Å². The zero-order chi connectivity index (χ0) is 15.8. The lowest BCUT2D eigenvalue weighted by Gasteiger charge is -2.15.